The molecule has 3 saturated carbocycles. The molecule has 2 heterocycles. The van der Waals surface area contributed by atoms with Crippen molar-refractivity contribution in [2.45, 2.75) is 82.3 Å². The van der Waals surface area contributed by atoms with Crippen molar-refractivity contribution in [3.63, 3.8) is 0 Å². The molecular formula is C35H41FNO10P. The van der Waals surface area contributed by atoms with Gasteiger partial charge in [0.05, 0.1) is 18.8 Å². The number of alkyl halides is 1. The zero-order chi connectivity index (χ0) is 34.4. The van der Waals surface area contributed by atoms with Gasteiger partial charge in [0.1, 0.15) is 6.61 Å². The summed E-state index contributed by atoms with van der Waals surface area (Å²) in [4.78, 5) is 45.4. The van der Waals surface area contributed by atoms with Crippen LogP contribution in [0.3, 0.4) is 0 Å². The lowest BCUT2D eigenvalue weighted by Crippen LogP contribution is -2.69. The lowest BCUT2D eigenvalue weighted by molar-refractivity contribution is -0.231. The molecular weight excluding hydrogens is 644 g/mol. The molecule has 0 spiro atoms. The van der Waals surface area contributed by atoms with Gasteiger partial charge in [0.15, 0.2) is 29.1 Å². The van der Waals surface area contributed by atoms with Gasteiger partial charge in [-0.2, -0.15) is 0 Å². The summed E-state index contributed by atoms with van der Waals surface area (Å²) in [5.41, 5.74) is -2.36. The number of hydrogen-bond acceptors (Lipinski definition) is 8. The van der Waals surface area contributed by atoms with Gasteiger partial charge in [-0.3, -0.25) is 14.1 Å². The van der Waals surface area contributed by atoms with Gasteiger partial charge in [-0.1, -0.05) is 42.8 Å². The van der Waals surface area contributed by atoms with E-state index in [2.05, 4.69) is 0 Å². The van der Waals surface area contributed by atoms with Crippen molar-refractivity contribution < 1.29 is 52.5 Å². The van der Waals surface area contributed by atoms with Gasteiger partial charge < -0.3 is 34.0 Å². The van der Waals surface area contributed by atoms with Crippen LogP contribution in [0.4, 0.5) is 4.39 Å². The van der Waals surface area contributed by atoms with Crippen LogP contribution in [0.25, 0.3) is 0 Å². The summed E-state index contributed by atoms with van der Waals surface area (Å²) in [7, 11) is -3.16. The molecule has 4 fully saturated rings. The molecule has 5 aliphatic rings. The molecule has 1 aliphatic heterocycles. The number of aromatic nitrogens is 1. The van der Waals surface area contributed by atoms with E-state index in [0.29, 0.717) is 30.4 Å². The zero-order valence-electron chi connectivity index (χ0n) is 27.0. The number of hydrogen-bond donors (Lipinski definition) is 4. The Bertz CT molecular complexity index is 1770. The van der Waals surface area contributed by atoms with Gasteiger partial charge >= 0.3 is 7.82 Å². The first-order valence-electron chi connectivity index (χ1n) is 16.3. The SMILES string of the molecule is Cn1cc([C@@H]2O[C@@H]3C[C@H]4[C@@H]5CCC6=CC(=O)C=C[C@]6(C)[C@@]5(F)[C@@H](O)C[C@]4(C)[C@]3(C(=O)COP(=O)(O)O)O2)cc1Cc1ccc(CO)cc1. The van der Waals surface area contributed by atoms with E-state index in [4.69, 9.17) is 14.0 Å². The van der Waals surface area contributed by atoms with Crippen molar-refractivity contribution in [2.75, 3.05) is 6.61 Å². The topological polar surface area (TPSA) is 165 Å². The largest absolute Gasteiger partial charge is 0.470 e. The molecule has 0 amide bonds. The molecule has 258 valence electrons. The highest BCUT2D eigenvalue weighted by molar-refractivity contribution is 7.46. The van der Waals surface area contributed by atoms with E-state index in [9.17, 15) is 34.2 Å². The number of benzene rings is 1. The number of ketones is 2. The third-order valence-corrected chi connectivity index (χ3v) is 12.6. The van der Waals surface area contributed by atoms with Crippen LogP contribution in [0.15, 0.2) is 60.3 Å². The first-order chi connectivity index (χ1) is 22.6. The van der Waals surface area contributed by atoms with Crippen molar-refractivity contribution in [1.29, 1.82) is 0 Å². The fourth-order valence-electron chi connectivity index (χ4n) is 9.77. The second-order valence-corrected chi connectivity index (χ2v) is 15.8. The number of aliphatic hydroxyl groups is 2. The zero-order valence-corrected chi connectivity index (χ0v) is 27.9. The highest BCUT2D eigenvalue weighted by Gasteiger charge is 2.79. The maximum absolute atomic E-state index is 17.7. The van der Waals surface area contributed by atoms with Crippen LogP contribution in [0.2, 0.25) is 0 Å². The smallest absolute Gasteiger partial charge is 0.392 e. The summed E-state index contributed by atoms with van der Waals surface area (Å²) in [5.74, 6) is -2.20. The predicted molar refractivity (Wildman–Crippen MR) is 169 cm³/mol. The van der Waals surface area contributed by atoms with Crippen LogP contribution in [0.1, 0.15) is 68.2 Å². The summed E-state index contributed by atoms with van der Waals surface area (Å²) in [6, 6.07) is 9.49. The molecule has 7 rings (SSSR count). The minimum absolute atomic E-state index is 0.0505. The summed E-state index contributed by atoms with van der Waals surface area (Å²) in [6.07, 6.45) is 4.08. The number of phosphoric acid groups is 1. The second-order valence-electron chi connectivity index (χ2n) is 14.5. The molecule has 2 aromatic rings. The van der Waals surface area contributed by atoms with Crippen LogP contribution >= 0.6 is 7.82 Å². The molecule has 0 bridgehead atoms. The molecule has 13 heteroatoms. The van der Waals surface area contributed by atoms with Crippen LogP contribution in [-0.4, -0.2) is 66.2 Å². The van der Waals surface area contributed by atoms with Gasteiger partial charge in [0.2, 0.25) is 0 Å². The highest BCUT2D eigenvalue weighted by atomic mass is 31.2. The number of aliphatic hydroxyl groups excluding tert-OH is 2. The summed E-state index contributed by atoms with van der Waals surface area (Å²) in [5, 5.41) is 21.2. The van der Waals surface area contributed by atoms with Gasteiger partial charge in [-0.05, 0) is 67.9 Å². The molecule has 9 atom stereocenters. The van der Waals surface area contributed by atoms with E-state index in [1.807, 2.05) is 48.1 Å². The third-order valence-electron chi connectivity index (χ3n) is 12.2. The lowest BCUT2D eigenvalue weighted by atomic mass is 9.44. The van der Waals surface area contributed by atoms with Crippen LogP contribution in [-0.2, 0) is 48.2 Å². The number of ether oxygens (including phenoxy) is 2. The first-order valence-corrected chi connectivity index (χ1v) is 17.8. The maximum Gasteiger partial charge on any atom is 0.470 e. The second kappa shape index (κ2) is 11.4. The quantitative estimate of drug-likeness (QED) is 0.300. The van der Waals surface area contributed by atoms with E-state index in [-0.39, 0.29) is 25.2 Å². The van der Waals surface area contributed by atoms with Crippen molar-refractivity contribution in [2.24, 2.45) is 29.7 Å². The highest BCUT2D eigenvalue weighted by Crippen LogP contribution is 2.72. The Morgan fingerprint density at radius 3 is 2.56 bits per heavy atom. The molecule has 1 saturated heterocycles. The van der Waals surface area contributed by atoms with Crippen molar-refractivity contribution in [1.82, 2.24) is 4.57 Å². The van der Waals surface area contributed by atoms with Crippen LogP contribution < -0.4 is 0 Å². The molecule has 0 radical (unpaired) electrons. The van der Waals surface area contributed by atoms with E-state index in [1.54, 1.807) is 19.9 Å². The third kappa shape index (κ3) is 4.83. The van der Waals surface area contributed by atoms with E-state index in [0.717, 1.165) is 16.8 Å². The number of aryl methyl sites for hydroxylation is 1. The van der Waals surface area contributed by atoms with E-state index in [1.165, 1.54) is 12.2 Å². The Kier molecular flexibility index (Phi) is 7.97. The number of phosphoric ester groups is 1. The Morgan fingerprint density at radius 1 is 1.17 bits per heavy atom. The fourth-order valence-corrected chi connectivity index (χ4v) is 10.1. The molecule has 1 aromatic carbocycles. The van der Waals surface area contributed by atoms with Crippen molar-refractivity contribution >= 4 is 19.4 Å². The van der Waals surface area contributed by atoms with E-state index < -0.39 is 72.6 Å². The molecule has 1 aromatic heterocycles. The Labute approximate surface area is 277 Å². The van der Waals surface area contributed by atoms with Crippen molar-refractivity contribution in [3.05, 3.63) is 82.7 Å². The molecule has 11 nitrogen and oxygen atoms in total. The number of halogens is 1. The van der Waals surface area contributed by atoms with Gasteiger partial charge in [-0.25, -0.2) is 8.96 Å². The number of allylic oxidation sites excluding steroid dienone is 4. The standard InChI is InChI=1S/C35H41FNO10P/c1-32-11-10-25(39)14-23(32)8-9-26-27-15-30-35(29(41)19-45-48(42,43)44,33(27,2)16-28(40)34(26,32)36)47-31(46-30)22-13-24(37(3)17-22)12-20-4-6-21(18-38)7-5-20/h4-7,10-11,13-14,17,26-28,30-31,38,40H,8-9,12,15-16,18-19H2,1-3H3,(H2,42,43,44)/t26-,27-,28-,30+,31+,32-,33-,34-,35+/m0/s1. The van der Waals surface area contributed by atoms with E-state index >= 15 is 4.39 Å². The molecule has 48 heavy (non-hydrogen) atoms. The number of nitrogens with zero attached hydrogens (tertiary/aromatic N) is 1. The molecule has 4 N–H and O–H groups in total. The Balaban J connectivity index is 1.24. The number of Topliss-reactive ketones (excluding diaryl/α,β-unsaturated/α-hetero) is 1. The average Bonchev–Trinajstić information content (AvgIpc) is 3.67. The number of fused-ring (bicyclic) bond motifs is 7. The number of carbonyl (C=O) groups excluding carboxylic acids is 2. The number of rotatable bonds is 8. The average molecular weight is 686 g/mol. The van der Waals surface area contributed by atoms with Crippen LogP contribution in [0, 0.1) is 22.7 Å². The lowest BCUT2D eigenvalue weighted by Gasteiger charge is -2.62. The Morgan fingerprint density at radius 2 is 1.88 bits per heavy atom. The predicted octanol–water partition coefficient (Wildman–Crippen LogP) is 3.92. The maximum atomic E-state index is 17.7. The minimum atomic E-state index is -5.04. The normalized spacial score (nSPS) is 38.6. The summed E-state index contributed by atoms with van der Waals surface area (Å²) >= 11 is 0. The van der Waals surface area contributed by atoms with Gasteiger partial charge in [0.25, 0.3) is 0 Å². The number of carbonyl (C=O) groups is 2. The molecule has 0 unspecified atom stereocenters. The minimum Gasteiger partial charge on any atom is -0.392 e. The van der Waals surface area contributed by atoms with Gasteiger partial charge in [-0.15, -0.1) is 0 Å². The Hall–Kier alpha value is -2.80. The van der Waals surface area contributed by atoms with Gasteiger partial charge in [0, 0.05) is 47.7 Å². The van der Waals surface area contributed by atoms with Crippen LogP contribution in [0.5, 0.6) is 0 Å². The molecule has 4 aliphatic carbocycles. The monoisotopic (exact) mass is 685 g/mol. The fraction of sp³-hybridized carbons (Fsp3) is 0.543. The van der Waals surface area contributed by atoms with Crippen molar-refractivity contribution in [3.8, 4) is 0 Å². The summed E-state index contributed by atoms with van der Waals surface area (Å²) < 4.78 is 49.2. The summed E-state index contributed by atoms with van der Waals surface area (Å²) in [6.45, 7) is 2.48. The first kappa shape index (κ1) is 33.7.